The van der Waals surface area contributed by atoms with Gasteiger partial charge in [-0.3, -0.25) is 0 Å². The molecule has 0 aliphatic heterocycles. The summed E-state index contributed by atoms with van der Waals surface area (Å²) in [5.41, 5.74) is -0.179. The summed E-state index contributed by atoms with van der Waals surface area (Å²) in [6, 6.07) is 0. The fraction of sp³-hybridized carbons (Fsp3) is 0.917. The number of carboxylic acids is 1. The van der Waals surface area contributed by atoms with Gasteiger partial charge in [0.25, 0.3) is 0 Å². The first kappa shape index (κ1) is 10.1. The first-order valence-electron chi connectivity index (χ1n) is 5.85. The molecule has 0 radical (unpaired) electrons. The molecule has 4 aliphatic rings. The molecule has 2 nitrogen and oxygen atoms in total. The molecule has 0 saturated heterocycles. The molecule has 4 rings (SSSR count). The number of rotatable bonds is 2. The number of alkyl halides is 1. The number of carbonyl (C=O) groups excluding carboxylic acids is 1. The molecule has 4 fully saturated rings. The van der Waals surface area contributed by atoms with E-state index in [0.717, 1.165) is 24.6 Å². The van der Waals surface area contributed by atoms with Crippen molar-refractivity contribution in [2.45, 2.75) is 38.5 Å². The molecule has 0 aromatic heterocycles. The predicted octanol–water partition coefficient (Wildman–Crippen LogP) is 1.72. The topological polar surface area (TPSA) is 40.1 Å². The van der Waals surface area contributed by atoms with Gasteiger partial charge >= 0.3 is 0 Å². The van der Waals surface area contributed by atoms with Crippen LogP contribution in [0.1, 0.15) is 38.5 Å². The lowest BCUT2D eigenvalue weighted by atomic mass is 9.44. The van der Waals surface area contributed by atoms with Gasteiger partial charge in [0.1, 0.15) is 0 Å². The van der Waals surface area contributed by atoms with E-state index in [9.17, 15) is 9.90 Å². The van der Waals surface area contributed by atoms with Crippen molar-refractivity contribution < 1.29 is 9.90 Å². The van der Waals surface area contributed by atoms with E-state index in [1.165, 1.54) is 19.3 Å². The van der Waals surface area contributed by atoms with Gasteiger partial charge in [-0.15, -0.1) is 0 Å². The second-order valence-electron chi connectivity index (χ2n) is 6.16. The highest BCUT2D eigenvalue weighted by atomic mass is 79.9. The maximum absolute atomic E-state index is 11.4. The fourth-order valence-electron chi connectivity index (χ4n) is 4.85. The van der Waals surface area contributed by atoms with Gasteiger partial charge in [0.05, 0.1) is 0 Å². The second-order valence-corrected chi connectivity index (χ2v) is 6.72. The fourth-order valence-corrected chi connectivity index (χ4v) is 5.50. The minimum absolute atomic E-state index is 0.282. The highest BCUT2D eigenvalue weighted by Gasteiger charge is 2.57. The van der Waals surface area contributed by atoms with Crippen LogP contribution in [-0.4, -0.2) is 11.3 Å². The SMILES string of the molecule is O=C([O-])C12CC3CC(CC(CBr)(C3)C1)C2. The molecule has 0 spiro atoms. The van der Waals surface area contributed by atoms with E-state index in [4.69, 9.17) is 0 Å². The Bertz CT molecular complexity index is 299. The highest BCUT2D eigenvalue weighted by molar-refractivity contribution is 9.09. The zero-order valence-corrected chi connectivity index (χ0v) is 10.4. The lowest BCUT2D eigenvalue weighted by molar-refractivity contribution is -0.329. The summed E-state index contributed by atoms with van der Waals surface area (Å²) in [5.74, 6) is 0.533. The summed E-state index contributed by atoms with van der Waals surface area (Å²) in [6.45, 7) is 0. The zero-order chi connectivity index (χ0) is 10.7. The van der Waals surface area contributed by atoms with Crippen molar-refractivity contribution in [1.29, 1.82) is 0 Å². The van der Waals surface area contributed by atoms with Crippen molar-refractivity contribution in [3.05, 3.63) is 0 Å². The van der Waals surface area contributed by atoms with E-state index in [0.29, 0.717) is 11.8 Å². The van der Waals surface area contributed by atoms with E-state index < -0.39 is 11.4 Å². The van der Waals surface area contributed by atoms with Crippen LogP contribution < -0.4 is 5.11 Å². The van der Waals surface area contributed by atoms with E-state index >= 15 is 0 Å². The number of carboxylic acid groups (broad SMARTS) is 1. The summed E-state index contributed by atoms with van der Waals surface area (Å²) in [6.07, 6.45) is 6.39. The molecule has 2 unspecified atom stereocenters. The first-order chi connectivity index (χ1) is 7.07. The van der Waals surface area contributed by atoms with Crippen molar-refractivity contribution >= 4 is 21.9 Å². The number of hydrogen-bond donors (Lipinski definition) is 0. The zero-order valence-electron chi connectivity index (χ0n) is 8.80. The lowest BCUT2D eigenvalue weighted by Gasteiger charge is -2.62. The molecule has 0 heterocycles. The molecule has 0 amide bonds. The number of carbonyl (C=O) groups is 1. The van der Waals surface area contributed by atoms with Gasteiger partial charge < -0.3 is 9.90 Å². The maximum atomic E-state index is 11.4. The van der Waals surface area contributed by atoms with Crippen LogP contribution in [0.25, 0.3) is 0 Å². The molecule has 4 saturated carbocycles. The quantitative estimate of drug-likeness (QED) is 0.718. The number of aliphatic carboxylic acids is 1. The maximum Gasteiger partial charge on any atom is 0.0476 e. The standard InChI is InChI=1S/C12H17BrO2/c13-7-11-2-8-1-9(3-11)5-12(4-8,6-11)10(14)15/h8-9H,1-7H2,(H,14,15)/p-1. The molecular weight excluding hydrogens is 256 g/mol. The van der Waals surface area contributed by atoms with E-state index in [2.05, 4.69) is 15.9 Å². The molecule has 84 valence electrons. The van der Waals surface area contributed by atoms with Crippen molar-refractivity contribution in [3.63, 3.8) is 0 Å². The average Bonchev–Trinajstić information content (AvgIpc) is 2.15. The molecule has 4 bridgehead atoms. The van der Waals surface area contributed by atoms with Crippen LogP contribution in [0.3, 0.4) is 0 Å². The molecule has 0 aromatic rings. The molecule has 3 heteroatoms. The molecule has 0 N–H and O–H groups in total. The summed E-state index contributed by atoms with van der Waals surface area (Å²) in [5, 5.41) is 12.4. The average molecular weight is 272 g/mol. The Kier molecular flexibility index (Phi) is 2.02. The normalized spacial score (nSPS) is 52.1. The van der Waals surface area contributed by atoms with Crippen LogP contribution in [0.5, 0.6) is 0 Å². The van der Waals surface area contributed by atoms with Crippen molar-refractivity contribution in [2.24, 2.45) is 22.7 Å². The van der Waals surface area contributed by atoms with Crippen LogP contribution >= 0.6 is 15.9 Å². The van der Waals surface area contributed by atoms with Gasteiger partial charge in [0, 0.05) is 16.7 Å². The van der Waals surface area contributed by atoms with Crippen LogP contribution in [0, 0.1) is 22.7 Å². The summed E-state index contributed by atoms with van der Waals surface area (Å²) >= 11 is 3.60. The van der Waals surface area contributed by atoms with Crippen molar-refractivity contribution in [1.82, 2.24) is 0 Å². The van der Waals surface area contributed by atoms with Gasteiger partial charge in [-0.25, -0.2) is 0 Å². The molecule has 0 aromatic carbocycles. The summed E-state index contributed by atoms with van der Waals surface area (Å²) in [4.78, 5) is 11.4. The Morgan fingerprint density at radius 2 is 1.87 bits per heavy atom. The van der Waals surface area contributed by atoms with Gasteiger partial charge in [-0.05, 0) is 55.8 Å². The molecule has 15 heavy (non-hydrogen) atoms. The Morgan fingerprint density at radius 3 is 2.33 bits per heavy atom. The van der Waals surface area contributed by atoms with Crippen LogP contribution in [0.2, 0.25) is 0 Å². The first-order valence-corrected chi connectivity index (χ1v) is 6.97. The van der Waals surface area contributed by atoms with E-state index in [1.807, 2.05) is 0 Å². The second kappa shape index (κ2) is 2.99. The molecule has 2 atom stereocenters. The minimum Gasteiger partial charge on any atom is -0.550 e. The van der Waals surface area contributed by atoms with Crippen molar-refractivity contribution in [2.75, 3.05) is 5.33 Å². The monoisotopic (exact) mass is 271 g/mol. The summed E-state index contributed by atoms with van der Waals surface area (Å²) < 4.78 is 0. The third-order valence-electron chi connectivity index (χ3n) is 4.90. The van der Waals surface area contributed by atoms with Gasteiger partial charge in [0.2, 0.25) is 0 Å². The predicted molar refractivity (Wildman–Crippen MR) is 58.3 cm³/mol. The lowest BCUT2D eigenvalue weighted by Crippen LogP contribution is -2.58. The smallest absolute Gasteiger partial charge is 0.0476 e. The van der Waals surface area contributed by atoms with E-state index in [1.54, 1.807) is 0 Å². The van der Waals surface area contributed by atoms with Crippen molar-refractivity contribution in [3.8, 4) is 0 Å². The Balaban J connectivity index is 1.99. The van der Waals surface area contributed by atoms with Crippen LogP contribution in [0.15, 0.2) is 0 Å². The van der Waals surface area contributed by atoms with E-state index in [-0.39, 0.29) is 5.41 Å². The van der Waals surface area contributed by atoms with Gasteiger partial charge in [-0.2, -0.15) is 0 Å². The Labute approximate surface area is 98.6 Å². The van der Waals surface area contributed by atoms with Gasteiger partial charge in [-0.1, -0.05) is 15.9 Å². The molecule has 4 aliphatic carbocycles. The number of halogens is 1. The largest absolute Gasteiger partial charge is 0.550 e. The van der Waals surface area contributed by atoms with Crippen LogP contribution in [-0.2, 0) is 4.79 Å². The van der Waals surface area contributed by atoms with Gasteiger partial charge in [0.15, 0.2) is 0 Å². The third-order valence-corrected chi connectivity index (χ3v) is 6.09. The summed E-state index contributed by atoms with van der Waals surface area (Å²) in [7, 11) is 0. The highest BCUT2D eigenvalue weighted by Crippen LogP contribution is 2.65. The third kappa shape index (κ3) is 1.31. The Morgan fingerprint density at radius 1 is 1.27 bits per heavy atom. The Hall–Kier alpha value is -0.0500. The molecular formula is C12H16BrO2-. The van der Waals surface area contributed by atoms with Crippen LogP contribution in [0.4, 0.5) is 0 Å². The number of hydrogen-bond acceptors (Lipinski definition) is 2. The minimum atomic E-state index is -0.776.